The highest BCUT2D eigenvalue weighted by molar-refractivity contribution is 7.15. The van der Waals surface area contributed by atoms with E-state index < -0.39 is 0 Å². The Morgan fingerprint density at radius 3 is 3.00 bits per heavy atom. The highest BCUT2D eigenvalue weighted by Gasteiger charge is 2.62. The summed E-state index contributed by atoms with van der Waals surface area (Å²) in [5.41, 5.74) is 0.142. The topological polar surface area (TPSA) is 41.1 Å². The lowest BCUT2D eigenvalue weighted by atomic mass is 9.73. The normalized spacial score (nSPS) is 37.0. The van der Waals surface area contributed by atoms with E-state index in [2.05, 4.69) is 40.0 Å². The van der Waals surface area contributed by atoms with Crippen LogP contribution in [0.3, 0.4) is 0 Å². The number of hydrogen-bond donors (Lipinski definition) is 0. The molecule has 1 aromatic rings. The van der Waals surface area contributed by atoms with Crippen LogP contribution < -0.4 is 4.90 Å². The molecule has 0 amide bonds. The molecule has 4 aliphatic heterocycles. The molecule has 0 unspecified atom stereocenters. The van der Waals surface area contributed by atoms with Crippen LogP contribution in [0.1, 0.15) is 17.7 Å². The maximum atomic E-state index is 6.56. The highest BCUT2D eigenvalue weighted by atomic mass is 32.1. The predicted molar refractivity (Wildman–Crippen MR) is 103 cm³/mol. The van der Waals surface area contributed by atoms with Crippen LogP contribution in [0.2, 0.25) is 0 Å². The number of likely N-dealkylation sites (tertiary alicyclic amines) is 1. The number of thiazole rings is 1. The molecule has 2 bridgehead atoms. The first-order valence-electron chi connectivity index (χ1n) is 9.95. The number of rotatable bonds is 5. The van der Waals surface area contributed by atoms with Gasteiger partial charge >= 0.3 is 0 Å². The lowest BCUT2D eigenvalue weighted by molar-refractivity contribution is 0.00152. The van der Waals surface area contributed by atoms with Crippen LogP contribution >= 0.6 is 11.3 Å². The van der Waals surface area contributed by atoms with E-state index in [4.69, 9.17) is 9.47 Å². The molecule has 5 rings (SSSR count). The van der Waals surface area contributed by atoms with Crippen LogP contribution in [0.4, 0.5) is 5.13 Å². The highest BCUT2D eigenvalue weighted by Crippen LogP contribution is 2.55. The number of nitrogens with zero attached hydrogens (tertiary/aromatic N) is 4. The van der Waals surface area contributed by atoms with Crippen molar-refractivity contribution in [1.29, 1.82) is 0 Å². The Morgan fingerprint density at radius 1 is 1.35 bits per heavy atom. The van der Waals surface area contributed by atoms with Crippen molar-refractivity contribution in [2.75, 3.05) is 64.9 Å². The Kier molecular flexibility index (Phi) is 4.48. The van der Waals surface area contributed by atoms with E-state index in [-0.39, 0.29) is 5.60 Å². The number of ether oxygens (including phenoxy) is 2. The van der Waals surface area contributed by atoms with Crippen LogP contribution in [-0.4, -0.2) is 86.5 Å². The summed E-state index contributed by atoms with van der Waals surface area (Å²) in [5.74, 6) is 1.41. The minimum atomic E-state index is 0.142. The van der Waals surface area contributed by atoms with Crippen molar-refractivity contribution < 1.29 is 9.47 Å². The molecule has 4 saturated heterocycles. The van der Waals surface area contributed by atoms with E-state index in [0.29, 0.717) is 17.9 Å². The third-order valence-corrected chi connectivity index (χ3v) is 7.68. The lowest BCUT2D eigenvalue weighted by Crippen LogP contribution is -2.40. The standard InChI is InChI=1S/C19H30N4O2S/c1-21(2)11-15-16-12-22(13-19(16)4-3-17(15)25-19)10-14-9-20-18(26-14)23-5-7-24-8-6-23/h9,15-17H,3-8,10-13H2,1-2H3/t15-,16+,17+,19+/m1/s1. The molecule has 0 radical (unpaired) electrons. The van der Waals surface area contributed by atoms with Gasteiger partial charge in [-0.2, -0.15) is 0 Å². The van der Waals surface area contributed by atoms with Crippen molar-refractivity contribution >= 4 is 16.5 Å². The molecule has 1 aromatic heterocycles. The van der Waals surface area contributed by atoms with Gasteiger partial charge < -0.3 is 19.3 Å². The van der Waals surface area contributed by atoms with Crippen LogP contribution in [0.25, 0.3) is 0 Å². The first-order valence-corrected chi connectivity index (χ1v) is 10.8. The molecule has 26 heavy (non-hydrogen) atoms. The maximum absolute atomic E-state index is 6.56. The average molecular weight is 379 g/mol. The van der Waals surface area contributed by atoms with E-state index in [0.717, 1.165) is 51.1 Å². The minimum absolute atomic E-state index is 0.142. The molecule has 6 nitrogen and oxygen atoms in total. The number of anilines is 1. The van der Waals surface area contributed by atoms with Crippen LogP contribution in [-0.2, 0) is 16.0 Å². The molecular weight excluding hydrogens is 348 g/mol. The van der Waals surface area contributed by atoms with Gasteiger partial charge in [0.2, 0.25) is 0 Å². The van der Waals surface area contributed by atoms with Crippen molar-refractivity contribution in [3.05, 3.63) is 11.1 Å². The SMILES string of the molecule is CN(C)C[C@H]1[C@@H]2CC[C@@]3(CN(Cc4cnc(N5CCOCC5)s4)C[C@@H]13)O2. The second-order valence-corrected chi connectivity index (χ2v) is 9.76. The van der Waals surface area contributed by atoms with Gasteiger partial charge in [-0.25, -0.2) is 4.98 Å². The lowest BCUT2D eigenvalue weighted by Gasteiger charge is -2.31. The number of aromatic nitrogens is 1. The van der Waals surface area contributed by atoms with E-state index in [1.165, 1.54) is 24.3 Å². The summed E-state index contributed by atoms with van der Waals surface area (Å²) in [6.07, 6.45) is 5.09. The van der Waals surface area contributed by atoms with Crippen molar-refractivity contribution in [1.82, 2.24) is 14.8 Å². The Labute approximate surface area is 160 Å². The molecule has 5 heterocycles. The fourth-order valence-corrected chi connectivity index (χ4v) is 6.57. The van der Waals surface area contributed by atoms with Gasteiger partial charge in [-0.3, -0.25) is 4.90 Å². The van der Waals surface area contributed by atoms with Crippen molar-refractivity contribution in [3.63, 3.8) is 0 Å². The molecule has 0 N–H and O–H groups in total. The minimum Gasteiger partial charge on any atom is -0.378 e. The molecule has 7 heteroatoms. The van der Waals surface area contributed by atoms with E-state index in [1.54, 1.807) is 0 Å². The second kappa shape index (κ2) is 6.71. The zero-order valence-corrected chi connectivity index (χ0v) is 16.7. The Morgan fingerprint density at radius 2 is 2.19 bits per heavy atom. The molecule has 1 spiro atoms. The van der Waals surface area contributed by atoms with E-state index in [1.807, 2.05) is 11.3 Å². The largest absolute Gasteiger partial charge is 0.378 e. The molecule has 4 fully saturated rings. The summed E-state index contributed by atoms with van der Waals surface area (Å²) in [7, 11) is 4.38. The van der Waals surface area contributed by atoms with Gasteiger partial charge in [0.1, 0.15) is 0 Å². The molecule has 0 saturated carbocycles. The summed E-state index contributed by atoms with van der Waals surface area (Å²) in [5, 5.41) is 1.16. The second-order valence-electron chi connectivity index (χ2n) is 8.67. The summed E-state index contributed by atoms with van der Waals surface area (Å²) in [6, 6.07) is 0. The zero-order valence-electron chi connectivity index (χ0n) is 15.9. The summed E-state index contributed by atoms with van der Waals surface area (Å²) < 4.78 is 12.0. The van der Waals surface area contributed by atoms with Crippen LogP contribution in [0.5, 0.6) is 0 Å². The zero-order chi connectivity index (χ0) is 17.7. The monoisotopic (exact) mass is 378 g/mol. The quantitative estimate of drug-likeness (QED) is 0.774. The van der Waals surface area contributed by atoms with Gasteiger partial charge in [0, 0.05) is 62.2 Å². The molecule has 144 valence electrons. The van der Waals surface area contributed by atoms with Crippen molar-refractivity contribution in [2.24, 2.45) is 11.8 Å². The summed E-state index contributed by atoms with van der Waals surface area (Å²) in [4.78, 5) is 13.4. The predicted octanol–water partition coefficient (Wildman–Crippen LogP) is 1.52. The van der Waals surface area contributed by atoms with Crippen molar-refractivity contribution in [3.8, 4) is 0 Å². The van der Waals surface area contributed by atoms with Gasteiger partial charge in [-0.1, -0.05) is 0 Å². The molecule has 0 aromatic carbocycles. The summed E-state index contributed by atoms with van der Waals surface area (Å²) in [6.45, 7) is 8.01. The first-order chi connectivity index (χ1) is 12.6. The van der Waals surface area contributed by atoms with E-state index in [9.17, 15) is 0 Å². The average Bonchev–Trinajstić information content (AvgIpc) is 3.37. The van der Waals surface area contributed by atoms with Gasteiger partial charge in [0.25, 0.3) is 0 Å². The Bertz CT molecular complexity index is 647. The number of hydrogen-bond acceptors (Lipinski definition) is 7. The molecular formula is C19H30N4O2S. The number of fused-ring (bicyclic) bond motifs is 1. The van der Waals surface area contributed by atoms with Gasteiger partial charge in [-0.15, -0.1) is 11.3 Å². The fourth-order valence-electron chi connectivity index (χ4n) is 5.56. The van der Waals surface area contributed by atoms with Gasteiger partial charge in [0.05, 0.1) is 24.9 Å². The Hall–Kier alpha value is -0.730. The Balaban J connectivity index is 1.25. The van der Waals surface area contributed by atoms with Crippen LogP contribution in [0.15, 0.2) is 6.20 Å². The van der Waals surface area contributed by atoms with Gasteiger partial charge in [-0.05, 0) is 26.9 Å². The fraction of sp³-hybridized carbons (Fsp3) is 0.842. The van der Waals surface area contributed by atoms with Crippen molar-refractivity contribution in [2.45, 2.75) is 31.1 Å². The first kappa shape index (κ1) is 17.4. The third kappa shape index (κ3) is 2.98. The van der Waals surface area contributed by atoms with Crippen LogP contribution in [0, 0.1) is 11.8 Å². The third-order valence-electron chi connectivity index (χ3n) is 6.63. The van der Waals surface area contributed by atoms with Gasteiger partial charge in [0.15, 0.2) is 5.13 Å². The maximum Gasteiger partial charge on any atom is 0.185 e. The summed E-state index contributed by atoms with van der Waals surface area (Å²) >= 11 is 1.85. The number of morpholine rings is 1. The molecule has 4 aliphatic rings. The molecule has 0 aliphatic carbocycles. The smallest absolute Gasteiger partial charge is 0.185 e. The molecule has 4 atom stereocenters. The van der Waals surface area contributed by atoms with E-state index >= 15 is 0 Å².